The van der Waals surface area contributed by atoms with Gasteiger partial charge in [0.1, 0.15) is 5.82 Å². The maximum absolute atomic E-state index is 13.4. The molecule has 0 spiro atoms. The van der Waals surface area contributed by atoms with Gasteiger partial charge in [-0.15, -0.1) is 0 Å². The summed E-state index contributed by atoms with van der Waals surface area (Å²) >= 11 is 0. The molecular formula is C11H11FN2O2. The van der Waals surface area contributed by atoms with Crippen LogP contribution in [0, 0.1) is 5.82 Å². The first-order valence-corrected chi connectivity index (χ1v) is 4.89. The van der Waals surface area contributed by atoms with Gasteiger partial charge in [-0.2, -0.15) is 0 Å². The Morgan fingerprint density at radius 1 is 1.44 bits per heavy atom. The number of primary amides is 1. The zero-order valence-corrected chi connectivity index (χ0v) is 8.79. The van der Waals surface area contributed by atoms with Crippen LogP contribution in [0.15, 0.2) is 12.1 Å². The minimum Gasteiger partial charge on any atom is -0.366 e. The SMILES string of the molecule is CN1C(=O)CCc2cc(F)c(C(N)=O)cc21. The number of amides is 2. The lowest BCUT2D eigenvalue weighted by atomic mass is 9.99. The van der Waals surface area contributed by atoms with Crippen molar-refractivity contribution in [2.75, 3.05) is 11.9 Å². The highest BCUT2D eigenvalue weighted by atomic mass is 19.1. The second-order valence-corrected chi connectivity index (χ2v) is 3.78. The molecule has 0 aromatic heterocycles. The number of nitrogens with two attached hydrogens (primary N) is 1. The first kappa shape index (κ1) is 10.6. The molecule has 0 saturated carbocycles. The van der Waals surface area contributed by atoms with Crippen molar-refractivity contribution in [3.05, 3.63) is 29.1 Å². The zero-order chi connectivity index (χ0) is 11.9. The number of hydrogen-bond donors (Lipinski definition) is 1. The number of carbonyl (C=O) groups is 2. The van der Waals surface area contributed by atoms with E-state index in [2.05, 4.69) is 0 Å². The molecule has 2 amide bonds. The highest BCUT2D eigenvalue weighted by Crippen LogP contribution is 2.29. The van der Waals surface area contributed by atoms with Gasteiger partial charge < -0.3 is 10.6 Å². The van der Waals surface area contributed by atoms with Crippen molar-refractivity contribution in [2.45, 2.75) is 12.8 Å². The summed E-state index contributed by atoms with van der Waals surface area (Å²) in [6.07, 6.45) is 0.854. The van der Waals surface area contributed by atoms with Gasteiger partial charge in [0.05, 0.1) is 5.56 Å². The van der Waals surface area contributed by atoms with Gasteiger partial charge in [0.2, 0.25) is 5.91 Å². The van der Waals surface area contributed by atoms with E-state index in [1.54, 1.807) is 7.05 Å². The van der Waals surface area contributed by atoms with Crippen molar-refractivity contribution < 1.29 is 14.0 Å². The van der Waals surface area contributed by atoms with Crippen molar-refractivity contribution in [1.29, 1.82) is 0 Å². The molecule has 1 aliphatic rings. The molecule has 0 radical (unpaired) electrons. The molecule has 0 bridgehead atoms. The second-order valence-electron chi connectivity index (χ2n) is 3.78. The summed E-state index contributed by atoms with van der Waals surface area (Å²) in [5, 5.41) is 0. The Hall–Kier alpha value is -1.91. The van der Waals surface area contributed by atoms with Gasteiger partial charge in [0.25, 0.3) is 5.91 Å². The van der Waals surface area contributed by atoms with E-state index in [0.29, 0.717) is 18.5 Å². The lowest BCUT2D eigenvalue weighted by Crippen LogP contribution is -2.31. The molecule has 1 aromatic carbocycles. The van der Waals surface area contributed by atoms with Crippen LogP contribution in [0.3, 0.4) is 0 Å². The Morgan fingerprint density at radius 3 is 2.75 bits per heavy atom. The van der Waals surface area contributed by atoms with Crippen LogP contribution in [0.2, 0.25) is 0 Å². The van der Waals surface area contributed by atoms with Crippen LogP contribution in [0.1, 0.15) is 22.3 Å². The average molecular weight is 222 g/mol. The molecule has 2 rings (SSSR count). The number of benzene rings is 1. The number of aryl methyl sites for hydroxylation is 1. The number of halogens is 1. The number of hydrogen-bond acceptors (Lipinski definition) is 2. The lowest BCUT2D eigenvalue weighted by Gasteiger charge is -2.26. The summed E-state index contributed by atoms with van der Waals surface area (Å²) in [6, 6.07) is 2.61. The Kier molecular flexibility index (Phi) is 2.38. The Labute approximate surface area is 91.8 Å². The number of carbonyl (C=O) groups excluding carboxylic acids is 2. The zero-order valence-electron chi connectivity index (χ0n) is 8.79. The topological polar surface area (TPSA) is 63.4 Å². The van der Waals surface area contributed by atoms with E-state index in [1.165, 1.54) is 17.0 Å². The molecule has 0 fully saturated rings. The van der Waals surface area contributed by atoms with Gasteiger partial charge in [0.15, 0.2) is 0 Å². The molecule has 0 aliphatic carbocycles. The summed E-state index contributed by atoms with van der Waals surface area (Å²) < 4.78 is 13.4. The molecule has 0 saturated heterocycles. The molecule has 0 unspecified atom stereocenters. The van der Waals surface area contributed by atoms with Gasteiger partial charge >= 0.3 is 0 Å². The van der Waals surface area contributed by atoms with E-state index in [4.69, 9.17) is 5.73 Å². The van der Waals surface area contributed by atoms with Gasteiger partial charge in [-0.1, -0.05) is 0 Å². The smallest absolute Gasteiger partial charge is 0.251 e. The van der Waals surface area contributed by atoms with Crippen LogP contribution in [-0.4, -0.2) is 18.9 Å². The third-order valence-electron chi connectivity index (χ3n) is 2.78. The lowest BCUT2D eigenvalue weighted by molar-refractivity contribution is -0.118. The van der Waals surface area contributed by atoms with Crippen molar-refractivity contribution in [2.24, 2.45) is 5.73 Å². The van der Waals surface area contributed by atoms with Crippen molar-refractivity contribution >= 4 is 17.5 Å². The summed E-state index contributed by atoms with van der Waals surface area (Å²) in [4.78, 5) is 23.8. The van der Waals surface area contributed by atoms with E-state index in [-0.39, 0.29) is 11.5 Å². The van der Waals surface area contributed by atoms with E-state index >= 15 is 0 Å². The van der Waals surface area contributed by atoms with Crippen LogP contribution in [0.5, 0.6) is 0 Å². The van der Waals surface area contributed by atoms with Crippen LogP contribution >= 0.6 is 0 Å². The van der Waals surface area contributed by atoms with E-state index in [1.807, 2.05) is 0 Å². The van der Waals surface area contributed by atoms with Gasteiger partial charge in [-0.25, -0.2) is 4.39 Å². The van der Waals surface area contributed by atoms with Gasteiger partial charge in [0, 0.05) is 19.2 Å². The molecule has 1 aliphatic heterocycles. The normalized spacial score (nSPS) is 14.9. The first-order chi connectivity index (χ1) is 7.50. The summed E-state index contributed by atoms with van der Waals surface area (Å²) in [5.41, 5.74) is 6.15. The largest absolute Gasteiger partial charge is 0.366 e. The highest BCUT2D eigenvalue weighted by molar-refractivity contribution is 5.99. The average Bonchev–Trinajstić information content (AvgIpc) is 2.23. The van der Waals surface area contributed by atoms with E-state index in [9.17, 15) is 14.0 Å². The van der Waals surface area contributed by atoms with E-state index < -0.39 is 11.7 Å². The quantitative estimate of drug-likeness (QED) is 0.765. The third-order valence-corrected chi connectivity index (χ3v) is 2.78. The van der Waals surface area contributed by atoms with Gasteiger partial charge in [-0.05, 0) is 24.1 Å². The maximum Gasteiger partial charge on any atom is 0.251 e. The van der Waals surface area contributed by atoms with E-state index in [0.717, 1.165) is 5.56 Å². The Balaban J connectivity index is 2.58. The predicted octanol–water partition coefficient (Wildman–Crippen LogP) is 0.834. The fraction of sp³-hybridized carbons (Fsp3) is 0.273. The number of anilines is 1. The second kappa shape index (κ2) is 3.59. The minimum absolute atomic E-state index is 0.0467. The van der Waals surface area contributed by atoms with Crippen LogP contribution in [0.25, 0.3) is 0 Å². The van der Waals surface area contributed by atoms with Crippen LogP contribution in [-0.2, 0) is 11.2 Å². The number of fused-ring (bicyclic) bond motifs is 1. The minimum atomic E-state index is -0.827. The molecule has 1 heterocycles. The summed E-state index contributed by atoms with van der Waals surface area (Å²) in [5.74, 6) is -1.50. The van der Waals surface area contributed by atoms with Crippen molar-refractivity contribution in [3.63, 3.8) is 0 Å². The predicted molar refractivity (Wildman–Crippen MR) is 56.6 cm³/mol. The monoisotopic (exact) mass is 222 g/mol. The van der Waals surface area contributed by atoms with Crippen molar-refractivity contribution in [1.82, 2.24) is 0 Å². The molecule has 4 nitrogen and oxygen atoms in total. The fourth-order valence-electron chi connectivity index (χ4n) is 1.85. The maximum atomic E-state index is 13.4. The van der Waals surface area contributed by atoms with Gasteiger partial charge in [-0.3, -0.25) is 9.59 Å². The molecule has 5 heteroatoms. The molecule has 0 atom stereocenters. The summed E-state index contributed by atoms with van der Waals surface area (Å²) in [6.45, 7) is 0. The molecule has 2 N–H and O–H groups in total. The van der Waals surface area contributed by atoms with Crippen LogP contribution < -0.4 is 10.6 Å². The summed E-state index contributed by atoms with van der Waals surface area (Å²) in [7, 11) is 1.60. The number of nitrogens with zero attached hydrogens (tertiary/aromatic N) is 1. The van der Waals surface area contributed by atoms with Crippen molar-refractivity contribution in [3.8, 4) is 0 Å². The molecule has 16 heavy (non-hydrogen) atoms. The Morgan fingerprint density at radius 2 is 2.12 bits per heavy atom. The highest BCUT2D eigenvalue weighted by Gasteiger charge is 2.23. The third kappa shape index (κ3) is 1.54. The Bertz CT molecular complexity index is 485. The fourth-order valence-corrected chi connectivity index (χ4v) is 1.85. The first-order valence-electron chi connectivity index (χ1n) is 4.89. The molecular weight excluding hydrogens is 211 g/mol. The molecule has 84 valence electrons. The van der Waals surface area contributed by atoms with Crippen LogP contribution in [0.4, 0.5) is 10.1 Å². The number of rotatable bonds is 1. The standard InChI is InChI=1S/C11H11FN2O2/c1-14-9-5-7(11(13)16)8(12)4-6(9)2-3-10(14)15/h4-5H,2-3H2,1H3,(H2,13,16). The molecule has 1 aromatic rings.